The molecule has 208 valence electrons. The van der Waals surface area contributed by atoms with E-state index in [0.29, 0.717) is 0 Å². The van der Waals surface area contributed by atoms with Gasteiger partial charge in [-0.05, 0) is 36.3 Å². The average Bonchev–Trinajstić information content (AvgIpc) is 3.27. The van der Waals surface area contributed by atoms with Crippen LogP contribution in [0, 0.1) is 0 Å². The molecular formula is C35H53N2S+. The van der Waals surface area contributed by atoms with E-state index in [9.17, 15) is 0 Å². The van der Waals surface area contributed by atoms with Crippen molar-refractivity contribution >= 4 is 39.4 Å². The van der Waals surface area contributed by atoms with Crippen molar-refractivity contribution in [3.05, 3.63) is 59.1 Å². The largest absolute Gasteiger partial charge is 0.375 e. The van der Waals surface area contributed by atoms with E-state index in [4.69, 9.17) is 0 Å². The van der Waals surface area contributed by atoms with Crippen LogP contribution in [0.1, 0.15) is 120 Å². The molecule has 0 saturated heterocycles. The van der Waals surface area contributed by atoms with Crippen LogP contribution in [0.2, 0.25) is 0 Å². The van der Waals surface area contributed by atoms with Crippen molar-refractivity contribution in [1.82, 2.24) is 0 Å². The third-order valence-corrected chi connectivity index (χ3v) is 9.06. The highest BCUT2D eigenvalue weighted by molar-refractivity contribution is 7.18. The maximum atomic E-state index is 2.41. The van der Waals surface area contributed by atoms with Crippen molar-refractivity contribution in [3.63, 3.8) is 0 Å². The molecule has 0 radical (unpaired) electrons. The lowest BCUT2D eigenvalue weighted by Crippen LogP contribution is -2.28. The molecule has 1 aromatic heterocycles. The number of aryl methyl sites for hydroxylation is 1. The van der Waals surface area contributed by atoms with Crippen molar-refractivity contribution in [2.45, 2.75) is 110 Å². The molecular weight excluding hydrogens is 480 g/mol. The zero-order chi connectivity index (χ0) is 26.8. The first-order valence-electron chi connectivity index (χ1n) is 15.6. The molecule has 0 fully saturated rings. The zero-order valence-electron chi connectivity index (χ0n) is 24.6. The second-order valence-corrected chi connectivity index (χ2v) is 12.2. The summed E-state index contributed by atoms with van der Waals surface area (Å²) in [6, 6.07) is 17.6. The first kappa shape index (κ1) is 30.4. The molecule has 2 nitrogen and oxygen atoms in total. The molecule has 0 N–H and O–H groups in total. The Kier molecular flexibility index (Phi) is 14.6. The summed E-state index contributed by atoms with van der Waals surface area (Å²) in [6.07, 6.45) is 27.2. The van der Waals surface area contributed by atoms with Gasteiger partial charge in [-0.1, -0.05) is 139 Å². The van der Waals surface area contributed by atoms with Gasteiger partial charge in [0.1, 0.15) is 11.7 Å². The summed E-state index contributed by atoms with van der Waals surface area (Å²) < 4.78 is 3.61. The summed E-state index contributed by atoms with van der Waals surface area (Å²) >= 11 is 1.84. The van der Waals surface area contributed by atoms with Crippen LogP contribution in [0.3, 0.4) is 0 Å². The van der Waals surface area contributed by atoms with E-state index in [0.717, 1.165) is 6.54 Å². The Morgan fingerprint density at radius 3 is 1.74 bits per heavy atom. The molecule has 0 saturated carbocycles. The molecule has 0 aliphatic heterocycles. The van der Waals surface area contributed by atoms with Gasteiger partial charge in [0.2, 0.25) is 5.52 Å². The molecule has 0 aliphatic rings. The average molecular weight is 534 g/mol. The number of rotatable bonds is 20. The molecule has 0 spiro atoms. The van der Waals surface area contributed by atoms with Crippen molar-refractivity contribution in [2.75, 3.05) is 18.5 Å². The summed E-state index contributed by atoms with van der Waals surface area (Å²) in [4.78, 5) is 2.41. The Balaban J connectivity index is 1.21. The fraction of sp³-hybridized carbons (Fsp3) is 0.571. The first-order valence-corrected chi connectivity index (χ1v) is 16.4. The normalized spacial score (nSPS) is 11.7. The van der Waals surface area contributed by atoms with Crippen LogP contribution in [0.25, 0.3) is 22.4 Å². The lowest BCUT2D eigenvalue weighted by molar-refractivity contribution is -0.642. The van der Waals surface area contributed by atoms with E-state index < -0.39 is 0 Å². The minimum atomic E-state index is 1.14. The number of fused-ring (bicyclic) bond motifs is 1. The predicted molar refractivity (Wildman–Crippen MR) is 171 cm³/mol. The molecule has 3 aromatic rings. The maximum Gasteiger partial charge on any atom is 0.262 e. The monoisotopic (exact) mass is 533 g/mol. The molecule has 0 amide bonds. The predicted octanol–water partition coefficient (Wildman–Crippen LogP) is 10.6. The van der Waals surface area contributed by atoms with E-state index in [-0.39, 0.29) is 0 Å². The van der Waals surface area contributed by atoms with Crippen molar-refractivity contribution in [1.29, 1.82) is 0 Å². The highest BCUT2D eigenvalue weighted by atomic mass is 32.1. The topological polar surface area (TPSA) is 7.12 Å². The van der Waals surface area contributed by atoms with Crippen LogP contribution in [0.5, 0.6) is 0 Å². The number of aromatic nitrogens is 1. The number of nitrogens with zero attached hydrogens (tertiary/aromatic N) is 2. The van der Waals surface area contributed by atoms with Crippen LogP contribution in [-0.2, 0) is 7.05 Å². The smallest absolute Gasteiger partial charge is 0.262 e. The number of unbranched alkanes of at least 4 members (excludes halogenated alkanes) is 15. The maximum absolute atomic E-state index is 2.41. The van der Waals surface area contributed by atoms with Gasteiger partial charge in [-0.2, -0.15) is 4.57 Å². The highest BCUT2D eigenvalue weighted by Crippen LogP contribution is 2.22. The lowest BCUT2D eigenvalue weighted by Gasteiger charge is -2.19. The summed E-state index contributed by atoms with van der Waals surface area (Å²) in [7, 11) is 4.38. The molecule has 38 heavy (non-hydrogen) atoms. The quantitative estimate of drug-likeness (QED) is 0.103. The molecule has 0 atom stereocenters. The van der Waals surface area contributed by atoms with Gasteiger partial charge in [0.15, 0.2) is 0 Å². The second-order valence-electron chi connectivity index (χ2n) is 11.1. The molecule has 3 heteroatoms. The third-order valence-electron chi connectivity index (χ3n) is 7.87. The SMILES string of the molecule is CCCCCCCCCCCCCCCCCCN(C)c1ccc(/C=C/c2sc3ccccc3[n+]2C)cc1. The summed E-state index contributed by atoms with van der Waals surface area (Å²) in [5.74, 6) is 0. The fourth-order valence-electron chi connectivity index (χ4n) is 5.30. The van der Waals surface area contributed by atoms with E-state index in [2.05, 4.69) is 91.2 Å². The highest BCUT2D eigenvalue weighted by Gasteiger charge is 2.13. The van der Waals surface area contributed by atoms with Gasteiger partial charge < -0.3 is 4.90 Å². The molecule has 0 bridgehead atoms. The van der Waals surface area contributed by atoms with Gasteiger partial charge in [-0.25, -0.2) is 0 Å². The Morgan fingerprint density at radius 2 is 1.18 bits per heavy atom. The number of hydrogen-bond donors (Lipinski definition) is 0. The second kappa shape index (κ2) is 18.2. The van der Waals surface area contributed by atoms with E-state index in [1.54, 1.807) is 0 Å². The standard InChI is InChI=1S/C35H53N2S/c1-4-5-6-7-8-9-10-11-12-13-14-15-16-17-18-21-30-36(2)32-27-24-31(25-28-32)26-29-35-37(3)33-22-19-20-23-34(33)38-35/h19-20,22-29H,4-18,21,30H2,1-3H3/q+1. The Morgan fingerprint density at radius 1 is 0.658 bits per heavy atom. The van der Waals surface area contributed by atoms with Crippen LogP contribution >= 0.6 is 11.3 Å². The summed E-state index contributed by atoms with van der Waals surface area (Å²) in [6.45, 7) is 3.44. The first-order chi connectivity index (χ1) is 18.7. The summed E-state index contributed by atoms with van der Waals surface area (Å²) in [5, 5.41) is 1.27. The third kappa shape index (κ3) is 10.9. The van der Waals surface area contributed by atoms with Gasteiger partial charge in [0.25, 0.3) is 5.01 Å². The van der Waals surface area contributed by atoms with Crippen LogP contribution in [-0.4, -0.2) is 13.6 Å². The molecule has 2 aromatic carbocycles. The minimum Gasteiger partial charge on any atom is -0.375 e. The van der Waals surface area contributed by atoms with Crippen LogP contribution in [0.15, 0.2) is 48.5 Å². The summed E-state index contributed by atoms with van der Waals surface area (Å²) in [5.41, 5.74) is 3.86. The fourth-order valence-corrected chi connectivity index (χ4v) is 6.35. The van der Waals surface area contributed by atoms with E-state index >= 15 is 0 Å². The number of anilines is 1. The van der Waals surface area contributed by atoms with Crippen molar-refractivity contribution < 1.29 is 4.57 Å². The van der Waals surface area contributed by atoms with Crippen LogP contribution < -0.4 is 9.47 Å². The minimum absolute atomic E-state index is 1.14. The van der Waals surface area contributed by atoms with Crippen molar-refractivity contribution in [2.24, 2.45) is 7.05 Å². The van der Waals surface area contributed by atoms with Gasteiger partial charge in [0, 0.05) is 31.4 Å². The van der Waals surface area contributed by atoms with Gasteiger partial charge in [-0.15, -0.1) is 0 Å². The lowest BCUT2D eigenvalue weighted by atomic mass is 10.0. The number of benzene rings is 2. The van der Waals surface area contributed by atoms with E-state index in [1.807, 2.05) is 11.3 Å². The van der Waals surface area contributed by atoms with Crippen LogP contribution in [0.4, 0.5) is 5.69 Å². The molecule has 0 unspecified atom stereocenters. The molecule has 1 heterocycles. The Bertz CT molecular complexity index is 1050. The van der Waals surface area contributed by atoms with Gasteiger partial charge in [-0.3, -0.25) is 0 Å². The molecule has 0 aliphatic carbocycles. The van der Waals surface area contributed by atoms with E-state index in [1.165, 1.54) is 129 Å². The zero-order valence-corrected chi connectivity index (χ0v) is 25.4. The number of para-hydroxylation sites is 1. The van der Waals surface area contributed by atoms with Gasteiger partial charge >= 0.3 is 0 Å². The molecule has 3 rings (SSSR count). The Hall–Kier alpha value is -2.13. The number of thiazole rings is 1. The number of hydrogen-bond acceptors (Lipinski definition) is 2. The Labute approximate surface area is 237 Å². The van der Waals surface area contributed by atoms with Gasteiger partial charge in [0.05, 0.1) is 0 Å². The van der Waals surface area contributed by atoms with Crippen molar-refractivity contribution in [3.8, 4) is 0 Å².